The smallest absolute Gasteiger partial charge is 0.251 e. The van der Waals surface area contributed by atoms with Crippen molar-refractivity contribution in [2.24, 2.45) is 0 Å². The monoisotopic (exact) mass is 369 g/mol. The second-order valence-electron chi connectivity index (χ2n) is 5.14. The van der Waals surface area contributed by atoms with Crippen molar-refractivity contribution in [3.63, 3.8) is 0 Å². The number of amides is 1. The summed E-state index contributed by atoms with van der Waals surface area (Å²) < 4.78 is 23.2. The van der Waals surface area contributed by atoms with Gasteiger partial charge in [-0.25, -0.2) is 8.42 Å². The van der Waals surface area contributed by atoms with E-state index in [1.54, 1.807) is 36.1 Å². The highest BCUT2D eigenvalue weighted by Crippen LogP contribution is 2.17. The number of aryl methyl sites for hydroxylation is 1. The third-order valence-electron chi connectivity index (χ3n) is 3.24. The minimum atomic E-state index is -3.31. The molecule has 4 nitrogen and oxygen atoms in total. The maximum atomic E-state index is 12.2. The Morgan fingerprint density at radius 2 is 2.09 bits per heavy atom. The van der Waals surface area contributed by atoms with Gasteiger partial charge in [0, 0.05) is 34.7 Å². The predicted octanol–water partition coefficient (Wildman–Crippen LogP) is 3.12. The molecule has 1 aromatic heterocycles. The molecule has 0 atom stereocenters. The zero-order valence-corrected chi connectivity index (χ0v) is 15.5. The van der Waals surface area contributed by atoms with Gasteiger partial charge in [-0.2, -0.15) is 11.8 Å². The lowest BCUT2D eigenvalue weighted by atomic mass is 10.1. The molecule has 7 heteroatoms. The van der Waals surface area contributed by atoms with Crippen molar-refractivity contribution in [1.29, 1.82) is 0 Å². The fraction of sp³-hybridized carbons (Fsp3) is 0.312. The van der Waals surface area contributed by atoms with Crippen molar-refractivity contribution in [1.82, 2.24) is 5.32 Å². The molecule has 0 saturated heterocycles. The van der Waals surface area contributed by atoms with Crippen LogP contribution in [0.1, 0.15) is 20.8 Å². The lowest BCUT2D eigenvalue weighted by Crippen LogP contribution is -2.26. The summed E-state index contributed by atoms with van der Waals surface area (Å²) in [6.07, 6.45) is 1.14. The summed E-state index contributed by atoms with van der Waals surface area (Å²) in [5, 5.41) is 4.90. The van der Waals surface area contributed by atoms with E-state index >= 15 is 0 Å². The van der Waals surface area contributed by atoms with Crippen molar-refractivity contribution < 1.29 is 13.2 Å². The van der Waals surface area contributed by atoms with E-state index in [4.69, 9.17) is 0 Å². The second-order valence-corrected chi connectivity index (χ2v) is 9.29. The van der Waals surface area contributed by atoms with Gasteiger partial charge in [-0.3, -0.25) is 4.79 Å². The molecule has 0 aliphatic carbocycles. The first-order chi connectivity index (χ1) is 10.9. The Balaban J connectivity index is 1.88. The van der Waals surface area contributed by atoms with Gasteiger partial charge in [-0.05, 0) is 36.1 Å². The van der Waals surface area contributed by atoms with Crippen LogP contribution in [-0.4, -0.2) is 32.9 Å². The molecule has 1 amide bonds. The molecule has 0 fully saturated rings. The van der Waals surface area contributed by atoms with Crippen LogP contribution in [0.2, 0.25) is 0 Å². The molecule has 0 spiro atoms. The van der Waals surface area contributed by atoms with Crippen LogP contribution in [-0.2, 0) is 15.6 Å². The topological polar surface area (TPSA) is 63.2 Å². The number of carbonyl (C=O) groups excluding carboxylic acids is 1. The minimum absolute atomic E-state index is 0.167. The molecule has 2 rings (SSSR count). The van der Waals surface area contributed by atoms with E-state index in [1.165, 1.54) is 17.0 Å². The first kappa shape index (κ1) is 18.0. The number of benzene rings is 1. The molecule has 23 heavy (non-hydrogen) atoms. The standard InChI is InChI=1S/C16H19NO3S3/c1-12-5-6-14(23(2,19)20)10-15(12)16(18)17-7-9-21-11-13-4-3-8-22-13/h3-6,8,10H,7,9,11H2,1-2H3,(H,17,18). The fourth-order valence-corrected chi connectivity index (χ4v) is 4.32. The van der Waals surface area contributed by atoms with E-state index in [2.05, 4.69) is 16.8 Å². The lowest BCUT2D eigenvalue weighted by molar-refractivity contribution is 0.0955. The van der Waals surface area contributed by atoms with Gasteiger partial charge in [0.15, 0.2) is 9.84 Å². The number of hydrogen-bond donors (Lipinski definition) is 1. The molecule has 0 unspecified atom stereocenters. The van der Waals surface area contributed by atoms with Crippen LogP contribution in [0.3, 0.4) is 0 Å². The van der Waals surface area contributed by atoms with Crippen LogP contribution < -0.4 is 5.32 Å². The van der Waals surface area contributed by atoms with E-state index in [0.717, 1.165) is 23.3 Å². The average molecular weight is 370 g/mol. The van der Waals surface area contributed by atoms with Crippen molar-refractivity contribution in [2.75, 3.05) is 18.6 Å². The van der Waals surface area contributed by atoms with Crippen molar-refractivity contribution in [3.05, 3.63) is 51.7 Å². The van der Waals surface area contributed by atoms with E-state index in [-0.39, 0.29) is 10.8 Å². The number of thioether (sulfide) groups is 1. The first-order valence-electron chi connectivity index (χ1n) is 7.07. The maximum absolute atomic E-state index is 12.2. The molecular weight excluding hydrogens is 350 g/mol. The van der Waals surface area contributed by atoms with Gasteiger partial charge in [0.2, 0.25) is 0 Å². The molecule has 0 bridgehead atoms. The number of nitrogens with one attached hydrogen (secondary N) is 1. The summed E-state index contributed by atoms with van der Waals surface area (Å²) in [7, 11) is -3.31. The minimum Gasteiger partial charge on any atom is -0.351 e. The number of sulfone groups is 1. The van der Waals surface area contributed by atoms with Crippen LogP contribution in [0.4, 0.5) is 0 Å². The third kappa shape index (κ3) is 5.37. The lowest BCUT2D eigenvalue weighted by Gasteiger charge is -2.09. The highest BCUT2D eigenvalue weighted by molar-refractivity contribution is 7.98. The van der Waals surface area contributed by atoms with Crippen molar-refractivity contribution >= 4 is 38.8 Å². The molecular formula is C16H19NO3S3. The molecule has 0 aliphatic heterocycles. The van der Waals surface area contributed by atoms with Crippen LogP contribution in [0.5, 0.6) is 0 Å². The number of thiophene rings is 1. The van der Waals surface area contributed by atoms with Crippen LogP contribution in [0, 0.1) is 6.92 Å². The number of hydrogen-bond acceptors (Lipinski definition) is 5. The molecule has 1 aromatic carbocycles. The molecule has 0 aliphatic rings. The third-order valence-corrected chi connectivity index (χ3v) is 6.42. The van der Waals surface area contributed by atoms with Gasteiger partial charge in [0.05, 0.1) is 4.90 Å². The van der Waals surface area contributed by atoms with Crippen molar-refractivity contribution in [2.45, 2.75) is 17.6 Å². The molecule has 0 radical (unpaired) electrons. The number of carbonyl (C=O) groups is 1. The summed E-state index contributed by atoms with van der Waals surface area (Å²) in [6.45, 7) is 2.35. The van der Waals surface area contributed by atoms with Gasteiger partial charge < -0.3 is 5.32 Å². The van der Waals surface area contributed by atoms with E-state index < -0.39 is 9.84 Å². The zero-order valence-electron chi connectivity index (χ0n) is 13.0. The van der Waals surface area contributed by atoms with Crippen LogP contribution in [0.25, 0.3) is 0 Å². The van der Waals surface area contributed by atoms with E-state index in [0.29, 0.717) is 12.1 Å². The Hall–Kier alpha value is -1.31. The second kappa shape index (κ2) is 7.99. The molecule has 2 aromatic rings. The summed E-state index contributed by atoms with van der Waals surface area (Å²) in [5.74, 6) is 1.52. The summed E-state index contributed by atoms with van der Waals surface area (Å²) >= 11 is 3.48. The SMILES string of the molecule is Cc1ccc(S(C)(=O)=O)cc1C(=O)NCCSCc1cccs1. The Morgan fingerprint density at radius 1 is 1.30 bits per heavy atom. The normalized spacial score (nSPS) is 11.4. The highest BCUT2D eigenvalue weighted by atomic mass is 32.2. The largest absolute Gasteiger partial charge is 0.351 e. The molecule has 0 saturated carbocycles. The average Bonchev–Trinajstić information content (AvgIpc) is 2.99. The van der Waals surface area contributed by atoms with Gasteiger partial charge in [0.25, 0.3) is 5.91 Å². The number of rotatable bonds is 7. The van der Waals surface area contributed by atoms with Gasteiger partial charge in [-0.15, -0.1) is 11.3 Å². The predicted molar refractivity (Wildman–Crippen MR) is 97.1 cm³/mol. The Labute approximate surface area is 145 Å². The molecule has 1 N–H and O–H groups in total. The summed E-state index contributed by atoms with van der Waals surface area (Å²) in [6, 6.07) is 8.75. The Bertz CT molecular complexity index is 768. The van der Waals surface area contributed by atoms with Crippen molar-refractivity contribution in [3.8, 4) is 0 Å². The zero-order chi connectivity index (χ0) is 16.9. The Morgan fingerprint density at radius 3 is 2.74 bits per heavy atom. The van der Waals surface area contributed by atoms with Gasteiger partial charge >= 0.3 is 0 Å². The van der Waals surface area contributed by atoms with E-state index in [1.807, 2.05) is 6.07 Å². The van der Waals surface area contributed by atoms with Crippen LogP contribution in [0.15, 0.2) is 40.6 Å². The van der Waals surface area contributed by atoms with Crippen LogP contribution >= 0.6 is 23.1 Å². The van der Waals surface area contributed by atoms with E-state index in [9.17, 15) is 13.2 Å². The highest BCUT2D eigenvalue weighted by Gasteiger charge is 2.14. The van der Waals surface area contributed by atoms with Gasteiger partial charge in [-0.1, -0.05) is 12.1 Å². The Kier molecular flexibility index (Phi) is 6.26. The summed E-state index contributed by atoms with van der Waals surface area (Å²) in [4.78, 5) is 13.7. The molecule has 1 heterocycles. The first-order valence-corrected chi connectivity index (χ1v) is 11.0. The fourth-order valence-electron chi connectivity index (χ4n) is 1.98. The molecule has 124 valence electrons. The summed E-state index contributed by atoms with van der Waals surface area (Å²) in [5.41, 5.74) is 1.18. The quantitative estimate of drug-likeness (QED) is 0.762. The maximum Gasteiger partial charge on any atom is 0.251 e. The van der Waals surface area contributed by atoms with Gasteiger partial charge in [0.1, 0.15) is 0 Å².